The zero-order valence-electron chi connectivity index (χ0n) is 19.7. The lowest BCUT2D eigenvalue weighted by Crippen LogP contribution is -2.35. The first-order valence-corrected chi connectivity index (χ1v) is 11.3. The average molecular weight is 493 g/mol. The maximum absolute atomic E-state index is 13.1. The average Bonchev–Trinajstić information content (AvgIpc) is 2.89. The van der Waals surface area contributed by atoms with Crippen LogP contribution in [0.15, 0.2) is 66.7 Å². The summed E-state index contributed by atoms with van der Waals surface area (Å²) in [5, 5.41) is 11.6. The van der Waals surface area contributed by atoms with Crippen LogP contribution in [0.5, 0.6) is 17.2 Å². The third-order valence-corrected chi connectivity index (χ3v) is 5.71. The standard InChI is InChI=1S/C27H25FN2O6/c1-34-26-11-4-20(17-21(26)18-29-12-14-35-15-13-29)25(31)9-2-19-3-10-27(24(16-19)30(32)33)36-23-7-5-22(28)6-8-23/h2-11,16-17H,12-15,18H2,1H3. The van der Waals surface area contributed by atoms with E-state index in [1.54, 1.807) is 25.3 Å². The molecule has 0 amide bonds. The first-order valence-electron chi connectivity index (χ1n) is 11.3. The van der Waals surface area contributed by atoms with Gasteiger partial charge in [0, 0.05) is 36.8 Å². The highest BCUT2D eigenvalue weighted by Gasteiger charge is 2.17. The van der Waals surface area contributed by atoms with Crippen LogP contribution in [0.25, 0.3) is 6.08 Å². The summed E-state index contributed by atoms with van der Waals surface area (Å²) < 4.78 is 29.5. The molecule has 0 aliphatic carbocycles. The van der Waals surface area contributed by atoms with Gasteiger partial charge in [-0.2, -0.15) is 0 Å². The van der Waals surface area contributed by atoms with E-state index in [1.807, 2.05) is 6.07 Å². The van der Waals surface area contributed by atoms with E-state index in [-0.39, 0.29) is 23.0 Å². The minimum atomic E-state index is -0.570. The van der Waals surface area contributed by atoms with E-state index in [9.17, 15) is 19.3 Å². The molecule has 0 atom stereocenters. The van der Waals surface area contributed by atoms with Crippen molar-refractivity contribution in [1.29, 1.82) is 0 Å². The fraction of sp³-hybridized carbons (Fsp3) is 0.222. The molecule has 0 saturated carbocycles. The van der Waals surface area contributed by atoms with Gasteiger partial charge in [-0.1, -0.05) is 12.1 Å². The van der Waals surface area contributed by atoms with Crippen LogP contribution < -0.4 is 9.47 Å². The quantitative estimate of drug-likeness (QED) is 0.174. The lowest BCUT2D eigenvalue weighted by molar-refractivity contribution is -0.385. The summed E-state index contributed by atoms with van der Waals surface area (Å²) in [4.78, 5) is 26.1. The Morgan fingerprint density at radius 1 is 1.08 bits per heavy atom. The van der Waals surface area contributed by atoms with Gasteiger partial charge in [0.25, 0.3) is 0 Å². The minimum absolute atomic E-state index is 0.0120. The normalized spacial score (nSPS) is 14.1. The number of carbonyl (C=O) groups excluding carboxylic acids is 1. The number of benzene rings is 3. The number of rotatable bonds is 9. The molecular weight excluding hydrogens is 467 g/mol. The van der Waals surface area contributed by atoms with Gasteiger partial charge in [0.15, 0.2) is 5.78 Å². The zero-order chi connectivity index (χ0) is 25.5. The number of morpholine rings is 1. The van der Waals surface area contributed by atoms with Crippen LogP contribution in [0.3, 0.4) is 0 Å². The van der Waals surface area contributed by atoms with Crippen molar-refractivity contribution in [3.05, 3.63) is 99.4 Å². The molecule has 1 aliphatic heterocycles. The Balaban J connectivity index is 1.51. The Bertz CT molecular complexity index is 1270. The van der Waals surface area contributed by atoms with Gasteiger partial charge < -0.3 is 14.2 Å². The molecule has 0 N–H and O–H groups in total. The number of nitro benzene ring substituents is 1. The Labute approximate surface area is 207 Å². The van der Waals surface area contributed by atoms with Gasteiger partial charge >= 0.3 is 5.69 Å². The predicted octanol–water partition coefficient (Wildman–Crippen LogP) is 5.26. The van der Waals surface area contributed by atoms with Crippen LogP contribution >= 0.6 is 0 Å². The van der Waals surface area contributed by atoms with Gasteiger partial charge in [0.1, 0.15) is 17.3 Å². The smallest absolute Gasteiger partial charge is 0.312 e. The Morgan fingerprint density at radius 2 is 1.81 bits per heavy atom. The Kier molecular flexibility index (Phi) is 8.04. The minimum Gasteiger partial charge on any atom is -0.496 e. The number of ketones is 1. The SMILES string of the molecule is COc1ccc(C(=O)C=Cc2ccc(Oc3ccc(F)cc3)c([N+](=O)[O-])c2)cc1CN1CCOCC1. The van der Waals surface area contributed by atoms with Crippen molar-refractivity contribution in [2.45, 2.75) is 6.54 Å². The molecular formula is C27H25FN2O6. The first kappa shape index (κ1) is 25.0. The van der Waals surface area contributed by atoms with E-state index in [0.717, 1.165) is 18.7 Å². The van der Waals surface area contributed by atoms with Crippen LogP contribution in [-0.2, 0) is 11.3 Å². The predicted molar refractivity (Wildman–Crippen MR) is 132 cm³/mol. The molecule has 1 heterocycles. The molecule has 9 heteroatoms. The van der Waals surface area contributed by atoms with Crippen LogP contribution in [-0.4, -0.2) is 49.0 Å². The van der Waals surface area contributed by atoms with Crippen molar-refractivity contribution in [2.24, 2.45) is 0 Å². The Morgan fingerprint density at radius 3 is 2.50 bits per heavy atom. The summed E-state index contributed by atoms with van der Waals surface area (Å²) in [6.45, 7) is 3.59. The maximum Gasteiger partial charge on any atom is 0.312 e. The molecule has 0 unspecified atom stereocenters. The summed E-state index contributed by atoms with van der Waals surface area (Å²) in [5.41, 5.74) is 1.58. The monoisotopic (exact) mass is 492 g/mol. The second-order valence-electron chi connectivity index (χ2n) is 8.15. The summed E-state index contributed by atoms with van der Waals surface area (Å²) in [6, 6.07) is 14.8. The summed E-state index contributed by atoms with van der Waals surface area (Å²) in [5.74, 6) is 0.306. The van der Waals surface area contributed by atoms with Crippen molar-refractivity contribution >= 4 is 17.5 Å². The summed E-state index contributed by atoms with van der Waals surface area (Å²) in [7, 11) is 1.59. The van der Waals surface area contributed by atoms with Crippen molar-refractivity contribution in [3.8, 4) is 17.2 Å². The molecule has 0 radical (unpaired) electrons. The number of nitrogens with zero attached hydrogens (tertiary/aromatic N) is 2. The van der Waals surface area contributed by atoms with Gasteiger partial charge in [0.05, 0.1) is 25.2 Å². The van der Waals surface area contributed by atoms with Gasteiger partial charge in [0.2, 0.25) is 5.75 Å². The highest BCUT2D eigenvalue weighted by molar-refractivity contribution is 6.07. The Hall–Kier alpha value is -4.08. The van der Waals surface area contributed by atoms with Crippen molar-refractivity contribution in [2.75, 3.05) is 33.4 Å². The number of halogens is 1. The molecule has 3 aromatic rings. The highest BCUT2D eigenvalue weighted by atomic mass is 19.1. The number of allylic oxidation sites excluding steroid dienone is 1. The largest absolute Gasteiger partial charge is 0.496 e. The third-order valence-electron chi connectivity index (χ3n) is 5.71. The van der Waals surface area contributed by atoms with Crippen molar-refractivity contribution < 1.29 is 28.3 Å². The third kappa shape index (κ3) is 6.32. The highest BCUT2D eigenvalue weighted by Crippen LogP contribution is 2.32. The van der Waals surface area contributed by atoms with E-state index in [0.29, 0.717) is 36.6 Å². The molecule has 0 bridgehead atoms. The number of ether oxygens (including phenoxy) is 3. The molecule has 36 heavy (non-hydrogen) atoms. The molecule has 3 aromatic carbocycles. The van der Waals surface area contributed by atoms with E-state index < -0.39 is 10.7 Å². The lowest BCUT2D eigenvalue weighted by Gasteiger charge is -2.27. The molecule has 4 rings (SSSR count). The number of methoxy groups -OCH3 is 1. The molecule has 186 valence electrons. The van der Waals surface area contributed by atoms with Crippen LogP contribution in [0.2, 0.25) is 0 Å². The fourth-order valence-corrected chi connectivity index (χ4v) is 3.82. The second-order valence-corrected chi connectivity index (χ2v) is 8.15. The zero-order valence-corrected chi connectivity index (χ0v) is 19.7. The van der Waals surface area contributed by atoms with Crippen molar-refractivity contribution in [1.82, 2.24) is 4.90 Å². The summed E-state index contributed by atoms with van der Waals surface area (Å²) in [6.07, 6.45) is 2.89. The van der Waals surface area contributed by atoms with E-state index >= 15 is 0 Å². The van der Waals surface area contributed by atoms with Gasteiger partial charge in [-0.05, 0) is 60.2 Å². The first-order chi connectivity index (χ1) is 17.4. The van der Waals surface area contributed by atoms with E-state index in [2.05, 4.69) is 4.90 Å². The van der Waals surface area contributed by atoms with Crippen LogP contribution in [0.4, 0.5) is 10.1 Å². The topological polar surface area (TPSA) is 91.1 Å². The van der Waals surface area contributed by atoms with Crippen molar-refractivity contribution in [3.63, 3.8) is 0 Å². The van der Waals surface area contributed by atoms with Crippen LogP contribution in [0.1, 0.15) is 21.5 Å². The van der Waals surface area contributed by atoms with Crippen LogP contribution in [0, 0.1) is 15.9 Å². The number of nitro groups is 1. The van der Waals surface area contributed by atoms with E-state index in [1.165, 1.54) is 48.6 Å². The lowest BCUT2D eigenvalue weighted by atomic mass is 10.0. The van der Waals surface area contributed by atoms with Gasteiger partial charge in [-0.3, -0.25) is 19.8 Å². The molecule has 0 aromatic heterocycles. The number of hydrogen-bond donors (Lipinski definition) is 0. The van der Waals surface area contributed by atoms with Gasteiger partial charge in [-0.15, -0.1) is 0 Å². The number of hydrogen-bond acceptors (Lipinski definition) is 7. The second kappa shape index (κ2) is 11.6. The molecule has 1 aliphatic rings. The number of carbonyl (C=O) groups is 1. The van der Waals surface area contributed by atoms with E-state index in [4.69, 9.17) is 14.2 Å². The summed E-state index contributed by atoms with van der Waals surface area (Å²) >= 11 is 0. The molecule has 1 fully saturated rings. The fourth-order valence-electron chi connectivity index (χ4n) is 3.82. The molecule has 1 saturated heterocycles. The molecule has 8 nitrogen and oxygen atoms in total. The molecule has 0 spiro atoms. The van der Waals surface area contributed by atoms with Gasteiger partial charge in [-0.25, -0.2) is 4.39 Å². The maximum atomic E-state index is 13.1.